The van der Waals surface area contributed by atoms with Crippen molar-refractivity contribution < 1.29 is 4.79 Å². The molecule has 1 N–H and O–H groups in total. The Morgan fingerprint density at radius 3 is 2.81 bits per heavy atom. The summed E-state index contributed by atoms with van der Waals surface area (Å²) in [4.78, 5) is 12.2. The molecule has 2 atom stereocenters. The lowest BCUT2D eigenvalue weighted by Gasteiger charge is -2.29. The van der Waals surface area contributed by atoms with Gasteiger partial charge in [0.2, 0.25) is 0 Å². The van der Waals surface area contributed by atoms with Gasteiger partial charge in [-0.1, -0.05) is 19.8 Å². The molecule has 0 spiro atoms. The van der Waals surface area contributed by atoms with Gasteiger partial charge in [0, 0.05) is 18.4 Å². The van der Waals surface area contributed by atoms with Gasteiger partial charge in [-0.15, -0.1) is 10.2 Å². The second-order valence-corrected chi connectivity index (χ2v) is 5.57. The van der Waals surface area contributed by atoms with E-state index >= 15 is 0 Å². The van der Waals surface area contributed by atoms with Gasteiger partial charge in [-0.05, 0) is 37.0 Å². The predicted molar refractivity (Wildman–Crippen MR) is 78.0 cm³/mol. The van der Waals surface area contributed by atoms with Crippen LogP contribution >= 0.6 is 0 Å². The van der Waals surface area contributed by atoms with Crippen molar-refractivity contribution in [3.8, 4) is 5.82 Å². The smallest absolute Gasteiger partial charge is 0.272 e. The molecule has 0 aliphatic heterocycles. The Morgan fingerprint density at radius 2 is 2.14 bits per heavy atom. The minimum atomic E-state index is -0.145. The largest absolute Gasteiger partial charge is 0.348 e. The fourth-order valence-corrected chi connectivity index (χ4v) is 2.75. The maximum atomic E-state index is 12.2. The van der Waals surface area contributed by atoms with Crippen LogP contribution in [0.15, 0.2) is 30.6 Å². The van der Waals surface area contributed by atoms with Crippen LogP contribution in [0.5, 0.6) is 0 Å². The van der Waals surface area contributed by atoms with Gasteiger partial charge in [-0.2, -0.15) is 5.10 Å². The summed E-state index contributed by atoms with van der Waals surface area (Å²) < 4.78 is 1.61. The quantitative estimate of drug-likeness (QED) is 0.935. The monoisotopic (exact) mass is 285 g/mol. The lowest BCUT2D eigenvalue weighted by atomic mass is 9.86. The van der Waals surface area contributed by atoms with Crippen LogP contribution in [0.2, 0.25) is 0 Å². The third kappa shape index (κ3) is 3.09. The number of hydrogen-bond acceptors (Lipinski definition) is 4. The van der Waals surface area contributed by atoms with Gasteiger partial charge in [0.05, 0.1) is 0 Å². The predicted octanol–water partition coefficient (Wildman–Crippen LogP) is 1.97. The minimum Gasteiger partial charge on any atom is -0.348 e. The van der Waals surface area contributed by atoms with Gasteiger partial charge in [0.25, 0.3) is 5.91 Å². The van der Waals surface area contributed by atoms with E-state index in [4.69, 9.17) is 0 Å². The molecule has 1 fully saturated rings. The number of amides is 1. The Balaban J connectivity index is 1.67. The van der Waals surface area contributed by atoms with Crippen molar-refractivity contribution >= 4 is 5.91 Å². The van der Waals surface area contributed by atoms with Gasteiger partial charge in [0.1, 0.15) is 0 Å². The third-order valence-corrected chi connectivity index (χ3v) is 4.05. The summed E-state index contributed by atoms with van der Waals surface area (Å²) >= 11 is 0. The zero-order valence-electron chi connectivity index (χ0n) is 12.1. The van der Waals surface area contributed by atoms with E-state index in [1.807, 2.05) is 6.07 Å². The molecule has 1 amide bonds. The van der Waals surface area contributed by atoms with Crippen LogP contribution < -0.4 is 5.32 Å². The zero-order chi connectivity index (χ0) is 14.7. The van der Waals surface area contributed by atoms with Crippen LogP contribution in [0.25, 0.3) is 5.82 Å². The summed E-state index contributed by atoms with van der Waals surface area (Å²) in [6.45, 7) is 2.19. The van der Waals surface area contributed by atoms with Crippen molar-refractivity contribution in [2.24, 2.45) is 5.92 Å². The lowest BCUT2D eigenvalue weighted by Crippen LogP contribution is -2.41. The van der Waals surface area contributed by atoms with E-state index < -0.39 is 0 Å². The van der Waals surface area contributed by atoms with Crippen molar-refractivity contribution in [3.05, 3.63) is 36.3 Å². The van der Waals surface area contributed by atoms with Crippen LogP contribution in [0.1, 0.15) is 43.1 Å². The van der Waals surface area contributed by atoms with Crippen molar-refractivity contribution in [1.82, 2.24) is 25.3 Å². The molecular weight excluding hydrogens is 266 g/mol. The maximum absolute atomic E-state index is 12.2. The molecule has 0 bridgehead atoms. The number of aromatic nitrogens is 4. The Morgan fingerprint density at radius 1 is 1.29 bits per heavy atom. The van der Waals surface area contributed by atoms with Crippen LogP contribution in [0, 0.1) is 5.92 Å². The Kier molecular flexibility index (Phi) is 3.94. The van der Waals surface area contributed by atoms with Crippen molar-refractivity contribution in [2.45, 2.75) is 38.6 Å². The minimum absolute atomic E-state index is 0.145. The topological polar surface area (TPSA) is 72.7 Å². The zero-order valence-corrected chi connectivity index (χ0v) is 12.1. The second-order valence-electron chi connectivity index (χ2n) is 5.57. The molecule has 1 aliphatic carbocycles. The molecule has 1 aliphatic rings. The van der Waals surface area contributed by atoms with Crippen molar-refractivity contribution in [2.75, 3.05) is 0 Å². The van der Waals surface area contributed by atoms with Crippen molar-refractivity contribution in [1.29, 1.82) is 0 Å². The molecule has 3 rings (SSSR count). The molecule has 2 aromatic heterocycles. The van der Waals surface area contributed by atoms with Crippen molar-refractivity contribution in [3.63, 3.8) is 0 Å². The summed E-state index contributed by atoms with van der Waals surface area (Å²) in [6.07, 6.45) is 8.12. The first-order valence-corrected chi connectivity index (χ1v) is 7.38. The number of nitrogens with zero attached hydrogens (tertiary/aromatic N) is 4. The van der Waals surface area contributed by atoms with Crippen LogP contribution in [0.4, 0.5) is 0 Å². The molecule has 2 aromatic rings. The summed E-state index contributed by atoms with van der Waals surface area (Å²) in [5.41, 5.74) is 0.351. The Bertz CT molecular complexity index is 593. The standard InChI is InChI=1S/C15H19N5O/c1-11-5-2-3-6-12(11)17-15(21)13-7-8-14(19-18-13)20-10-4-9-16-20/h4,7-12H,2-3,5-6H2,1H3,(H,17,21)/t11-,12+/m1/s1. The van der Waals surface area contributed by atoms with Gasteiger partial charge in [-0.25, -0.2) is 4.68 Å². The second kappa shape index (κ2) is 6.03. The highest BCUT2D eigenvalue weighted by atomic mass is 16.2. The Labute approximate surface area is 123 Å². The average Bonchev–Trinajstić information content (AvgIpc) is 3.04. The molecule has 0 saturated heterocycles. The van der Waals surface area contributed by atoms with E-state index in [1.54, 1.807) is 29.2 Å². The summed E-state index contributed by atoms with van der Waals surface area (Å²) in [5.74, 6) is 0.981. The van der Waals surface area contributed by atoms with Gasteiger partial charge >= 0.3 is 0 Å². The molecule has 110 valence electrons. The fraction of sp³-hybridized carbons (Fsp3) is 0.467. The molecule has 0 unspecified atom stereocenters. The molecule has 1 saturated carbocycles. The van der Waals surface area contributed by atoms with Gasteiger partial charge in [0.15, 0.2) is 11.5 Å². The molecule has 0 radical (unpaired) electrons. The molecule has 6 nitrogen and oxygen atoms in total. The van der Waals surface area contributed by atoms with Crippen LogP contribution in [-0.4, -0.2) is 31.9 Å². The number of carbonyl (C=O) groups is 1. The average molecular weight is 285 g/mol. The lowest BCUT2D eigenvalue weighted by molar-refractivity contribution is 0.0904. The maximum Gasteiger partial charge on any atom is 0.272 e. The fourth-order valence-electron chi connectivity index (χ4n) is 2.75. The van der Waals surface area contributed by atoms with Gasteiger partial charge < -0.3 is 5.32 Å². The highest BCUT2D eigenvalue weighted by Gasteiger charge is 2.23. The highest BCUT2D eigenvalue weighted by Crippen LogP contribution is 2.23. The number of hydrogen-bond donors (Lipinski definition) is 1. The first kappa shape index (κ1) is 13.7. The molecule has 6 heteroatoms. The molecule has 21 heavy (non-hydrogen) atoms. The van der Waals surface area contributed by atoms with E-state index in [2.05, 4.69) is 27.5 Å². The number of carbonyl (C=O) groups excluding carboxylic acids is 1. The molecule has 0 aromatic carbocycles. The van der Waals surface area contributed by atoms with E-state index in [-0.39, 0.29) is 11.9 Å². The van der Waals surface area contributed by atoms with Crippen LogP contribution in [-0.2, 0) is 0 Å². The normalized spacial score (nSPS) is 22.0. The summed E-state index contributed by atoms with van der Waals surface area (Å²) in [5, 5.41) is 15.2. The summed E-state index contributed by atoms with van der Waals surface area (Å²) in [7, 11) is 0. The van der Waals surface area contributed by atoms with E-state index in [0.717, 1.165) is 6.42 Å². The molecular formula is C15H19N5O. The number of nitrogens with one attached hydrogen (secondary N) is 1. The first-order valence-electron chi connectivity index (χ1n) is 7.38. The SMILES string of the molecule is C[C@@H]1CCCC[C@@H]1NC(=O)c1ccc(-n2cccn2)nn1. The highest BCUT2D eigenvalue weighted by molar-refractivity contribution is 5.92. The Hall–Kier alpha value is -2.24. The number of rotatable bonds is 3. The third-order valence-electron chi connectivity index (χ3n) is 4.05. The van der Waals surface area contributed by atoms with E-state index in [0.29, 0.717) is 17.4 Å². The summed E-state index contributed by atoms with van der Waals surface area (Å²) in [6, 6.07) is 5.50. The molecule has 2 heterocycles. The van der Waals surface area contributed by atoms with E-state index in [9.17, 15) is 4.79 Å². The van der Waals surface area contributed by atoms with Gasteiger partial charge in [-0.3, -0.25) is 4.79 Å². The van der Waals surface area contributed by atoms with E-state index in [1.165, 1.54) is 19.3 Å². The first-order chi connectivity index (χ1) is 10.2. The van der Waals surface area contributed by atoms with Crippen LogP contribution in [0.3, 0.4) is 0 Å².